The SMILES string of the molecule is Cc1nn(C)c(C)c1CN(C)C(=O)c1cc2cc(NC(=O)c3ccsc3)ccc2o1. The molecule has 0 atom stereocenters. The van der Waals surface area contributed by atoms with Gasteiger partial charge in [0.2, 0.25) is 0 Å². The minimum Gasteiger partial charge on any atom is -0.451 e. The lowest BCUT2D eigenvalue weighted by Gasteiger charge is -2.16. The average molecular weight is 423 g/mol. The van der Waals surface area contributed by atoms with Gasteiger partial charge in [0, 0.05) is 48.4 Å². The number of nitrogens with zero attached hydrogens (tertiary/aromatic N) is 3. The van der Waals surface area contributed by atoms with E-state index < -0.39 is 0 Å². The van der Waals surface area contributed by atoms with Crippen molar-refractivity contribution in [3.05, 3.63) is 69.4 Å². The molecule has 4 rings (SSSR count). The molecule has 0 spiro atoms. The first-order valence-electron chi connectivity index (χ1n) is 9.45. The maximum atomic E-state index is 12.9. The van der Waals surface area contributed by atoms with E-state index in [9.17, 15) is 9.59 Å². The van der Waals surface area contributed by atoms with Crippen LogP contribution in [-0.4, -0.2) is 33.5 Å². The maximum absolute atomic E-state index is 12.9. The fourth-order valence-electron chi connectivity index (χ4n) is 3.37. The van der Waals surface area contributed by atoms with Crippen LogP contribution < -0.4 is 5.32 Å². The number of furan rings is 1. The van der Waals surface area contributed by atoms with E-state index in [-0.39, 0.29) is 17.6 Å². The highest BCUT2D eigenvalue weighted by atomic mass is 32.1. The minimum atomic E-state index is -0.210. The molecule has 3 aromatic heterocycles. The molecule has 7 nitrogen and oxygen atoms in total. The number of rotatable bonds is 5. The molecular weight excluding hydrogens is 400 g/mol. The molecule has 0 aliphatic heterocycles. The van der Waals surface area contributed by atoms with Crippen LogP contribution in [0.15, 0.2) is 45.5 Å². The number of benzene rings is 1. The van der Waals surface area contributed by atoms with Crippen LogP contribution in [0.2, 0.25) is 0 Å². The summed E-state index contributed by atoms with van der Waals surface area (Å²) >= 11 is 1.47. The quantitative estimate of drug-likeness (QED) is 0.518. The number of thiophene rings is 1. The van der Waals surface area contributed by atoms with Crippen molar-refractivity contribution in [1.29, 1.82) is 0 Å². The Labute approximate surface area is 177 Å². The fourth-order valence-corrected chi connectivity index (χ4v) is 4.00. The second-order valence-electron chi connectivity index (χ2n) is 7.26. The summed E-state index contributed by atoms with van der Waals surface area (Å²) in [5, 5.41) is 11.7. The first-order chi connectivity index (χ1) is 14.3. The molecule has 0 aliphatic rings. The van der Waals surface area contributed by atoms with E-state index in [1.54, 1.807) is 47.7 Å². The van der Waals surface area contributed by atoms with E-state index in [1.807, 2.05) is 31.0 Å². The number of hydrogen-bond acceptors (Lipinski definition) is 5. The largest absolute Gasteiger partial charge is 0.451 e. The number of aryl methyl sites for hydroxylation is 2. The first-order valence-corrected chi connectivity index (χ1v) is 10.4. The lowest BCUT2D eigenvalue weighted by molar-refractivity contribution is 0.0755. The molecule has 0 aliphatic carbocycles. The summed E-state index contributed by atoms with van der Waals surface area (Å²) < 4.78 is 7.58. The molecule has 30 heavy (non-hydrogen) atoms. The van der Waals surface area contributed by atoms with Crippen LogP contribution >= 0.6 is 11.3 Å². The molecule has 154 valence electrons. The number of aromatic nitrogens is 2. The molecule has 8 heteroatoms. The van der Waals surface area contributed by atoms with Crippen LogP contribution in [0.25, 0.3) is 11.0 Å². The standard InChI is InChI=1S/C22H22N4O3S/c1-13-18(14(2)26(4)24-13)11-25(3)22(28)20-10-16-9-17(5-6-19(16)29-20)23-21(27)15-7-8-30-12-15/h5-10,12H,11H2,1-4H3,(H,23,27). The van der Waals surface area contributed by atoms with Gasteiger partial charge in [-0.25, -0.2) is 0 Å². The van der Waals surface area contributed by atoms with Crippen molar-refractivity contribution >= 4 is 39.8 Å². The summed E-state index contributed by atoms with van der Waals surface area (Å²) in [6.45, 7) is 4.37. The average Bonchev–Trinajstić information content (AvgIpc) is 3.44. The summed E-state index contributed by atoms with van der Waals surface area (Å²) in [7, 11) is 3.63. The van der Waals surface area contributed by atoms with Crippen molar-refractivity contribution in [3.63, 3.8) is 0 Å². The molecule has 0 radical (unpaired) electrons. The number of carbonyl (C=O) groups is 2. The van der Waals surface area contributed by atoms with Gasteiger partial charge < -0.3 is 14.6 Å². The van der Waals surface area contributed by atoms with E-state index in [4.69, 9.17) is 4.42 Å². The normalized spacial score (nSPS) is 11.1. The van der Waals surface area contributed by atoms with Gasteiger partial charge >= 0.3 is 0 Å². The topological polar surface area (TPSA) is 80.4 Å². The van der Waals surface area contributed by atoms with Gasteiger partial charge in [0.1, 0.15) is 5.58 Å². The molecule has 0 saturated carbocycles. The van der Waals surface area contributed by atoms with Gasteiger partial charge in [-0.3, -0.25) is 14.3 Å². The monoisotopic (exact) mass is 422 g/mol. The predicted octanol–water partition coefficient (Wildman–Crippen LogP) is 4.37. The Kier molecular flexibility index (Phi) is 5.17. The molecule has 1 N–H and O–H groups in total. The first kappa shape index (κ1) is 19.9. The molecule has 0 saturated heterocycles. The number of hydrogen-bond donors (Lipinski definition) is 1. The zero-order valence-electron chi connectivity index (χ0n) is 17.2. The maximum Gasteiger partial charge on any atom is 0.289 e. The Morgan fingerprint density at radius 2 is 2.03 bits per heavy atom. The highest BCUT2D eigenvalue weighted by Gasteiger charge is 2.20. The lowest BCUT2D eigenvalue weighted by atomic mass is 10.2. The van der Waals surface area contributed by atoms with Crippen molar-refractivity contribution in [2.45, 2.75) is 20.4 Å². The van der Waals surface area contributed by atoms with Crippen LogP contribution in [-0.2, 0) is 13.6 Å². The van der Waals surface area contributed by atoms with Crippen molar-refractivity contribution in [3.8, 4) is 0 Å². The molecular formula is C22H22N4O3S. The number of fused-ring (bicyclic) bond motifs is 1. The van der Waals surface area contributed by atoms with Gasteiger partial charge in [-0.15, -0.1) is 0 Å². The molecule has 0 unspecified atom stereocenters. The van der Waals surface area contributed by atoms with Crippen LogP contribution in [0.4, 0.5) is 5.69 Å². The molecule has 4 aromatic rings. The van der Waals surface area contributed by atoms with Crippen LogP contribution in [0.3, 0.4) is 0 Å². The summed E-state index contributed by atoms with van der Waals surface area (Å²) in [5.41, 5.74) is 4.82. The van der Waals surface area contributed by atoms with Gasteiger partial charge in [0.05, 0.1) is 11.3 Å². The smallest absolute Gasteiger partial charge is 0.289 e. The van der Waals surface area contributed by atoms with Gasteiger partial charge in [0.15, 0.2) is 5.76 Å². The molecule has 2 amide bonds. The van der Waals surface area contributed by atoms with Crippen LogP contribution in [0.5, 0.6) is 0 Å². The van der Waals surface area contributed by atoms with Gasteiger partial charge in [-0.05, 0) is 49.6 Å². The van der Waals surface area contributed by atoms with E-state index in [2.05, 4.69) is 10.4 Å². The Morgan fingerprint density at radius 1 is 1.23 bits per heavy atom. The van der Waals surface area contributed by atoms with Crippen molar-refractivity contribution < 1.29 is 14.0 Å². The molecule has 0 fully saturated rings. The number of nitrogens with one attached hydrogen (secondary N) is 1. The van der Waals surface area contributed by atoms with Gasteiger partial charge in [0.25, 0.3) is 11.8 Å². The van der Waals surface area contributed by atoms with Crippen molar-refractivity contribution in [2.24, 2.45) is 7.05 Å². The Balaban J connectivity index is 1.52. The summed E-state index contributed by atoms with van der Waals surface area (Å²) in [5.74, 6) is -0.122. The van der Waals surface area contributed by atoms with Crippen LogP contribution in [0.1, 0.15) is 37.9 Å². The third-order valence-corrected chi connectivity index (χ3v) is 5.85. The predicted molar refractivity (Wildman–Crippen MR) is 117 cm³/mol. The highest BCUT2D eigenvalue weighted by Crippen LogP contribution is 2.25. The third-order valence-electron chi connectivity index (χ3n) is 5.17. The zero-order valence-corrected chi connectivity index (χ0v) is 18.0. The van der Waals surface area contributed by atoms with E-state index in [0.717, 1.165) is 22.3 Å². The Hall–Kier alpha value is -3.39. The number of carbonyl (C=O) groups excluding carboxylic acids is 2. The van der Waals surface area contributed by atoms with E-state index in [1.165, 1.54) is 11.3 Å². The number of anilines is 1. The second-order valence-corrected chi connectivity index (χ2v) is 8.04. The summed E-state index contributed by atoms with van der Waals surface area (Å²) in [6.07, 6.45) is 0. The molecule has 0 bridgehead atoms. The Bertz CT molecular complexity index is 1240. The number of amides is 2. The fraction of sp³-hybridized carbons (Fsp3) is 0.227. The second kappa shape index (κ2) is 7.79. The van der Waals surface area contributed by atoms with E-state index in [0.29, 0.717) is 23.4 Å². The highest BCUT2D eigenvalue weighted by molar-refractivity contribution is 7.08. The Morgan fingerprint density at radius 3 is 2.70 bits per heavy atom. The van der Waals surface area contributed by atoms with Crippen LogP contribution in [0, 0.1) is 13.8 Å². The molecule has 1 aromatic carbocycles. The van der Waals surface area contributed by atoms with Gasteiger partial charge in [-0.1, -0.05) is 0 Å². The lowest BCUT2D eigenvalue weighted by Crippen LogP contribution is -2.26. The zero-order chi connectivity index (χ0) is 21.4. The summed E-state index contributed by atoms with van der Waals surface area (Å²) in [4.78, 5) is 26.8. The third kappa shape index (κ3) is 3.73. The van der Waals surface area contributed by atoms with E-state index >= 15 is 0 Å². The summed E-state index contributed by atoms with van der Waals surface area (Å²) in [6, 6.07) is 8.79. The van der Waals surface area contributed by atoms with Gasteiger partial charge in [-0.2, -0.15) is 16.4 Å². The minimum absolute atomic E-state index is 0.169. The van der Waals surface area contributed by atoms with Crippen molar-refractivity contribution in [1.82, 2.24) is 14.7 Å². The van der Waals surface area contributed by atoms with Crippen molar-refractivity contribution in [2.75, 3.05) is 12.4 Å². The molecule has 3 heterocycles.